The SMILES string of the molecule is COc1cc(Cl)c(C)cc1NC(=O)COC(=O)CN1C(=O)c2ccccc2C1=O. The van der Waals surface area contributed by atoms with Crippen LogP contribution in [0.4, 0.5) is 5.69 Å². The van der Waals surface area contributed by atoms with Crippen LogP contribution in [0.3, 0.4) is 0 Å². The molecule has 0 saturated carbocycles. The summed E-state index contributed by atoms with van der Waals surface area (Å²) in [6.07, 6.45) is 0. The fourth-order valence-electron chi connectivity index (χ4n) is 2.82. The third-order valence-electron chi connectivity index (χ3n) is 4.28. The lowest BCUT2D eigenvalue weighted by Gasteiger charge is -2.14. The minimum Gasteiger partial charge on any atom is -0.495 e. The molecule has 3 rings (SSSR count). The Kier molecular flexibility index (Phi) is 5.84. The number of anilines is 1. The fraction of sp³-hybridized carbons (Fsp3) is 0.200. The zero-order chi connectivity index (χ0) is 21.1. The Morgan fingerprint density at radius 3 is 2.31 bits per heavy atom. The summed E-state index contributed by atoms with van der Waals surface area (Å²) >= 11 is 6.02. The summed E-state index contributed by atoms with van der Waals surface area (Å²) in [5, 5.41) is 3.04. The van der Waals surface area contributed by atoms with Gasteiger partial charge in [0.05, 0.1) is 23.9 Å². The van der Waals surface area contributed by atoms with E-state index in [0.717, 1.165) is 10.5 Å². The lowest BCUT2D eigenvalue weighted by molar-refractivity contribution is -0.147. The number of hydrogen-bond acceptors (Lipinski definition) is 6. The number of nitrogens with one attached hydrogen (secondary N) is 1. The number of fused-ring (bicyclic) bond motifs is 1. The van der Waals surface area contributed by atoms with Crippen LogP contribution in [0.25, 0.3) is 0 Å². The van der Waals surface area contributed by atoms with Crippen molar-refractivity contribution >= 4 is 41.0 Å². The number of nitrogens with zero attached hydrogens (tertiary/aromatic N) is 1. The first-order chi connectivity index (χ1) is 13.8. The molecule has 0 atom stereocenters. The summed E-state index contributed by atoms with van der Waals surface area (Å²) in [5.41, 5.74) is 1.56. The number of aryl methyl sites for hydroxylation is 1. The van der Waals surface area contributed by atoms with Gasteiger partial charge in [0, 0.05) is 11.1 Å². The second-order valence-corrected chi connectivity index (χ2v) is 6.66. The molecular weight excluding hydrogens is 400 g/mol. The molecule has 29 heavy (non-hydrogen) atoms. The van der Waals surface area contributed by atoms with Crippen LogP contribution in [0.15, 0.2) is 36.4 Å². The van der Waals surface area contributed by atoms with Gasteiger partial charge in [-0.1, -0.05) is 23.7 Å². The maximum atomic E-state index is 12.2. The van der Waals surface area contributed by atoms with Gasteiger partial charge in [0.1, 0.15) is 12.3 Å². The Balaban J connectivity index is 1.57. The highest BCUT2D eigenvalue weighted by molar-refractivity contribution is 6.31. The van der Waals surface area contributed by atoms with E-state index in [1.165, 1.54) is 19.2 Å². The summed E-state index contributed by atoms with van der Waals surface area (Å²) < 4.78 is 10.1. The van der Waals surface area contributed by atoms with Crippen LogP contribution >= 0.6 is 11.6 Å². The first kappa shape index (κ1) is 20.3. The Morgan fingerprint density at radius 2 is 1.72 bits per heavy atom. The smallest absolute Gasteiger partial charge is 0.326 e. The largest absolute Gasteiger partial charge is 0.495 e. The molecule has 0 saturated heterocycles. The van der Waals surface area contributed by atoms with Gasteiger partial charge < -0.3 is 14.8 Å². The molecule has 150 valence electrons. The number of methoxy groups -OCH3 is 1. The van der Waals surface area contributed by atoms with Crippen LogP contribution in [0.2, 0.25) is 5.02 Å². The summed E-state index contributed by atoms with van der Waals surface area (Å²) in [6.45, 7) is 0.593. The number of carbonyl (C=O) groups is 4. The van der Waals surface area contributed by atoms with Gasteiger partial charge in [0.2, 0.25) is 0 Å². The van der Waals surface area contributed by atoms with E-state index in [1.54, 1.807) is 31.2 Å². The average molecular weight is 417 g/mol. The van der Waals surface area contributed by atoms with Crippen molar-refractivity contribution in [2.45, 2.75) is 6.92 Å². The Hall–Kier alpha value is -3.39. The van der Waals surface area contributed by atoms with Gasteiger partial charge in [-0.3, -0.25) is 24.1 Å². The molecule has 2 aromatic rings. The maximum Gasteiger partial charge on any atom is 0.326 e. The molecule has 1 aliphatic rings. The first-order valence-corrected chi connectivity index (χ1v) is 8.94. The molecule has 2 aromatic carbocycles. The summed E-state index contributed by atoms with van der Waals surface area (Å²) in [5.74, 6) is -2.29. The van der Waals surface area contributed by atoms with E-state index in [4.69, 9.17) is 21.1 Å². The number of hydrogen-bond donors (Lipinski definition) is 1. The summed E-state index contributed by atoms with van der Waals surface area (Å²) in [4.78, 5) is 49.4. The number of ether oxygens (including phenoxy) is 2. The van der Waals surface area contributed by atoms with Crippen molar-refractivity contribution in [3.8, 4) is 5.75 Å². The van der Waals surface area contributed by atoms with E-state index in [1.807, 2.05) is 0 Å². The number of benzene rings is 2. The molecule has 0 radical (unpaired) electrons. The predicted molar refractivity (Wildman–Crippen MR) is 104 cm³/mol. The van der Waals surface area contributed by atoms with Gasteiger partial charge in [0.15, 0.2) is 6.61 Å². The molecule has 1 N–H and O–H groups in total. The molecule has 0 bridgehead atoms. The fourth-order valence-corrected chi connectivity index (χ4v) is 2.97. The van der Waals surface area contributed by atoms with Crippen molar-refractivity contribution in [1.82, 2.24) is 4.90 Å². The minimum atomic E-state index is -0.881. The van der Waals surface area contributed by atoms with Gasteiger partial charge in [-0.05, 0) is 30.7 Å². The van der Waals surface area contributed by atoms with Gasteiger partial charge in [-0.25, -0.2) is 0 Å². The van der Waals surface area contributed by atoms with Gasteiger partial charge >= 0.3 is 5.97 Å². The number of halogens is 1. The minimum absolute atomic E-state index is 0.230. The second kappa shape index (κ2) is 8.32. The molecule has 0 aliphatic carbocycles. The predicted octanol–water partition coefficient (Wildman–Crippen LogP) is 2.43. The zero-order valence-electron chi connectivity index (χ0n) is 15.7. The number of carbonyl (C=O) groups excluding carboxylic acids is 4. The van der Waals surface area contributed by atoms with Crippen molar-refractivity contribution in [1.29, 1.82) is 0 Å². The van der Waals surface area contributed by atoms with Crippen molar-refractivity contribution in [2.24, 2.45) is 0 Å². The molecule has 0 unspecified atom stereocenters. The van der Waals surface area contributed by atoms with Crippen LogP contribution in [0.1, 0.15) is 26.3 Å². The molecule has 0 aromatic heterocycles. The number of esters is 1. The second-order valence-electron chi connectivity index (χ2n) is 6.25. The molecule has 1 aliphatic heterocycles. The topological polar surface area (TPSA) is 102 Å². The number of imide groups is 1. The molecule has 8 nitrogen and oxygen atoms in total. The molecule has 1 heterocycles. The van der Waals surface area contributed by atoms with Gasteiger partial charge in [-0.2, -0.15) is 0 Å². The van der Waals surface area contributed by atoms with Crippen molar-refractivity contribution in [2.75, 3.05) is 25.6 Å². The number of amides is 3. The van der Waals surface area contributed by atoms with E-state index < -0.39 is 36.8 Å². The van der Waals surface area contributed by atoms with Crippen LogP contribution in [0, 0.1) is 6.92 Å². The molecular formula is C20H17ClN2O6. The Bertz CT molecular complexity index is 985. The lowest BCUT2D eigenvalue weighted by atomic mass is 10.1. The van der Waals surface area contributed by atoms with E-state index in [-0.39, 0.29) is 11.1 Å². The highest BCUT2D eigenvalue weighted by atomic mass is 35.5. The van der Waals surface area contributed by atoms with E-state index in [2.05, 4.69) is 5.32 Å². The van der Waals surface area contributed by atoms with Crippen LogP contribution in [0.5, 0.6) is 5.75 Å². The van der Waals surface area contributed by atoms with Crippen LogP contribution < -0.4 is 10.1 Å². The highest BCUT2D eigenvalue weighted by Crippen LogP contribution is 2.30. The molecule has 9 heteroatoms. The van der Waals surface area contributed by atoms with E-state index in [9.17, 15) is 19.2 Å². The maximum absolute atomic E-state index is 12.2. The third-order valence-corrected chi connectivity index (χ3v) is 4.69. The molecule has 0 spiro atoms. The summed E-state index contributed by atoms with van der Waals surface area (Å²) in [7, 11) is 1.43. The van der Waals surface area contributed by atoms with Gasteiger partial charge in [0.25, 0.3) is 17.7 Å². The van der Waals surface area contributed by atoms with E-state index >= 15 is 0 Å². The van der Waals surface area contributed by atoms with Crippen molar-refractivity contribution in [3.63, 3.8) is 0 Å². The average Bonchev–Trinajstić information content (AvgIpc) is 2.94. The third kappa shape index (κ3) is 4.22. The molecule has 3 amide bonds. The van der Waals surface area contributed by atoms with Crippen LogP contribution in [-0.2, 0) is 14.3 Å². The standard InChI is InChI=1S/C20H17ClN2O6/c1-11-7-15(16(28-2)8-14(11)21)22-17(24)10-29-18(25)9-23-19(26)12-5-3-4-6-13(12)20(23)27/h3-8H,9-10H2,1-2H3,(H,22,24). The first-order valence-electron chi connectivity index (χ1n) is 8.56. The number of rotatable bonds is 6. The summed E-state index contributed by atoms with van der Waals surface area (Å²) in [6, 6.07) is 9.46. The lowest BCUT2D eigenvalue weighted by Crippen LogP contribution is -2.36. The molecule has 0 fully saturated rings. The quantitative estimate of drug-likeness (QED) is 0.573. The van der Waals surface area contributed by atoms with E-state index in [0.29, 0.717) is 16.5 Å². The Labute approximate surface area is 171 Å². The normalized spacial score (nSPS) is 12.6. The Morgan fingerprint density at radius 1 is 1.10 bits per heavy atom. The van der Waals surface area contributed by atoms with Crippen molar-refractivity contribution < 1.29 is 28.7 Å². The monoisotopic (exact) mass is 416 g/mol. The van der Waals surface area contributed by atoms with Crippen molar-refractivity contribution in [3.05, 3.63) is 58.1 Å². The van der Waals surface area contributed by atoms with Crippen LogP contribution in [-0.4, -0.2) is 48.9 Å². The highest BCUT2D eigenvalue weighted by Gasteiger charge is 2.36. The van der Waals surface area contributed by atoms with Gasteiger partial charge in [-0.15, -0.1) is 0 Å². The zero-order valence-corrected chi connectivity index (χ0v) is 16.4.